The molecule has 1 atom stereocenters. The summed E-state index contributed by atoms with van der Waals surface area (Å²) in [4.78, 5) is 29.9. The fourth-order valence-corrected chi connectivity index (χ4v) is 2.38. The minimum atomic E-state index is -0.355. The summed E-state index contributed by atoms with van der Waals surface area (Å²) in [6.45, 7) is 1.82. The number of nitrogens with two attached hydrogens (primary N) is 1. The zero-order chi connectivity index (χ0) is 14.3. The van der Waals surface area contributed by atoms with Crippen molar-refractivity contribution in [2.45, 2.75) is 13.0 Å². The highest BCUT2D eigenvalue weighted by atomic mass is 16.2. The second kappa shape index (κ2) is 4.54. The molecule has 0 aliphatic carbocycles. The van der Waals surface area contributed by atoms with E-state index in [1.807, 2.05) is 19.1 Å². The maximum Gasteiger partial charge on any atom is 0.267 e. The molecule has 0 bridgehead atoms. The number of aromatic nitrogens is 1. The van der Waals surface area contributed by atoms with E-state index < -0.39 is 0 Å². The number of carbonyl (C=O) groups is 2. The number of hydrogen-bond acceptors (Lipinski definition) is 4. The van der Waals surface area contributed by atoms with Crippen molar-refractivity contribution in [2.24, 2.45) is 5.73 Å². The summed E-state index contributed by atoms with van der Waals surface area (Å²) in [7, 11) is 0. The average Bonchev–Trinajstić information content (AvgIpc) is 2.71. The maximum atomic E-state index is 12.4. The molecule has 2 heterocycles. The lowest BCUT2D eigenvalue weighted by Gasteiger charge is -2.19. The van der Waals surface area contributed by atoms with Crippen LogP contribution in [0.1, 0.15) is 39.2 Å². The Labute approximate surface area is 116 Å². The molecular formula is C15H13N3O2. The first kappa shape index (κ1) is 12.5. The van der Waals surface area contributed by atoms with Gasteiger partial charge in [-0.2, -0.15) is 0 Å². The van der Waals surface area contributed by atoms with Crippen LogP contribution in [-0.4, -0.2) is 16.8 Å². The fraction of sp³-hybridized carbons (Fsp3) is 0.133. The molecule has 1 aliphatic heterocycles. The Hall–Kier alpha value is -2.53. The molecule has 1 aromatic heterocycles. The first-order valence-electron chi connectivity index (χ1n) is 6.28. The maximum absolute atomic E-state index is 12.4. The van der Waals surface area contributed by atoms with Crippen LogP contribution in [-0.2, 0) is 0 Å². The van der Waals surface area contributed by atoms with E-state index in [9.17, 15) is 9.59 Å². The molecule has 2 aromatic rings. The number of anilines is 1. The van der Waals surface area contributed by atoms with Crippen LogP contribution in [0.15, 0.2) is 42.7 Å². The van der Waals surface area contributed by atoms with Crippen LogP contribution in [0.4, 0.5) is 5.69 Å². The van der Waals surface area contributed by atoms with Gasteiger partial charge < -0.3 is 5.73 Å². The number of pyridine rings is 1. The highest BCUT2D eigenvalue weighted by molar-refractivity contribution is 6.34. The molecule has 0 spiro atoms. The molecule has 2 amide bonds. The second-order valence-electron chi connectivity index (χ2n) is 4.71. The van der Waals surface area contributed by atoms with Gasteiger partial charge in [0.05, 0.1) is 16.8 Å². The standard InChI is InChI=1S/C15H13N3O2/c1-9(16)10-4-2-3-5-13(10)18-14(19)11-6-7-17-8-12(11)15(18)20/h2-9H,16H2,1H3. The Bertz CT molecular complexity index is 675. The highest BCUT2D eigenvalue weighted by Crippen LogP contribution is 2.32. The van der Waals surface area contributed by atoms with Crippen LogP contribution < -0.4 is 10.6 Å². The van der Waals surface area contributed by atoms with Gasteiger partial charge in [-0.3, -0.25) is 14.6 Å². The summed E-state index contributed by atoms with van der Waals surface area (Å²) in [6, 6.07) is 8.46. The highest BCUT2D eigenvalue weighted by Gasteiger charge is 2.37. The summed E-state index contributed by atoms with van der Waals surface area (Å²) < 4.78 is 0. The van der Waals surface area contributed by atoms with E-state index in [2.05, 4.69) is 4.98 Å². The Kier molecular flexibility index (Phi) is 2.84. The quantitative estimate of drug-likeness (QED) is 0.843. The van der Waals surface area contributed by atoms with Crippen LogP contribution in [0.5, 0.6) is 0 Å². The normalized spacial score (nSPS) is 15.4. The van der Waals surface area contributed by atoms with Gasteiger partial charge in [-0.05, 0) is 24.6 Å². The molecule has 5 nitrogen and oxygen atoms in total. The molecule has 0 radical (unpaired) electrons. The van der Waals surface area contributed by atoms with Gasteiger partial charge >= 0.3 is 0 Å². The van der Waals surface area contributed by atoms with Crippen molar-refractivity contribution in [1.29, 1.82) is 0 Å². The molecule has 3 rings (SSSR count). The average molecular weight is 267 g/mol. The Morgan fingerprint density at radius 2 is 1.80 bits per heavy atom. The van der Waals surface area contributed by atoms with E-state index in [1.165, 1.54) is 17.3 Å². The SMILES string of the molecule is CC(N)c1ccccc1N1C(=O)c2ccncc2C1=O. The van der Waals surface area contributed by atoms with Gasteiger partial charge in [-0.15, -0.1) is 0 Å². The number of carbonyl (C=O) groups excluding carboxylic acids is 2. The van der Waals surface area contributed by atoms with E-state index in [0.29, 0.717) is 16.8 Å². The predicted octanol–water partition coefficient (Wildman–Crippen LogP) is 1.90. The number of benzene rings is 1. The van der Waals surface area contributed by atoms with E-state index >= 15 is 0 Å². The van der Waals surface area contributed by atoms with Crippen LogP contribution >= 0.6 is 0 Å². The van der Waals surface area contributed by atoms with Gasteiger partial charge in [0, 0.05) is 18.4 Å². The molecule has 0 fully saturated rings. The lowest BCUT2D eigenvalue weighted by atomic mass is 10.1. The molecule has 1 unspecified atom stereocenters. The largest absolute Gasteiger partial charge is 0.324 e. The van der Waals surface area contributed by atoms with Crippen molar-refractivity contribution < 1.29 is 9.59 Å². The van der Waals surface area contributed by atoms with Crippen molar-refractivity contribution >= 4 is 17.5 Å². The monoisotopic (exact) mass is 267 g/mol. The van der Waals surface area contributed by atoms with E-state index in [-0.39, 0.29) is 17.9 Å². The van der Waals surface area contributed by atoms with Crippen molar-refractivity contribution in [1.82, 2.24) is 4.98 Å². The Morgan fingerprint density at radius 1 is 1.10 bits per heavy atom. The minimum absolute atomic E-state index is 0.270. The first-order valence-corrected chi connectivity index (χ1v) is 6.28. The van der Waals surface area contributed by atoms with Crippen molar-refractivity contribution in [3.63, 3.8) is 0 Å². The number of para-hydroxylation sites is 1. The van der Waals surface area contributed by atoms with Crippen LogP contribution in [0.25, 0.3) is 0 Å². The lowest BCUT2D eigenvalue weighted by molar-refractivity contribution is 0.0926. The topological polar surface area (TPSA) is 76.3 Å². The minimum Gasteiger partial charge on any atom is -0.324 e. The summed E-state index contributed by atoms with van der Waals surface area (Å²) in [5.41, 5.74) is 7.92. The molecule has 1 aromatic carbocycles. The van der Waals surface area contributed by atoms with Crippen molar-refractivity contribution in [3.8, 4) is 0 Å². The molecule has 20 heavy (non-hydrogen) atoms. The zero-order valence-corrected chi connectivity index (χ0v) is 10.9. The van der Waals surface area contributed by atoms with Gasteiger partial charge in [0.25, 0.3) is 11.8 Å². The smallest absolute Gasteiger partial charge is 0.267 e. The molecule has 100 valence electrons. The summed E-state index contributed by atoms with van der Waals surface area (Å²) in [5, 5.41) is 0. The molecule has 0 saturated heterocycles. The summed E-state index contributed by atoms with van der Waals surface area (Å²) in [5.74, 6) is -0.688. The van der Waals surface area contributed by atoms with Crippen LogP contribution in [0.3, 0.4) is 0 Å². The van der Waals surface area contributed by atoms with Gasteiger partial charge in [-0.25, -0.2) is 4.90 Å². The van der Waals surface area contributed by atoms with Crippen molar-refractivity contribution in [3.05, 3.63) is 59.4 Å². The van der Waals surface area contributed by atoms with Gasteiger partial charge in [0.15, 0.2) is 0 Å². The third-order valence-corrected chi connectivity index (χ3v) is 3.36. The first-order chi connectivity index (χ1) is 9.61. The van der Waals surface area contributed by atoms with E-state index in [0.717, 1.165) is 5.56 Å². The summed E-state index contributed by atoms with van der Waals surface area (Å²) >= 11 is 0. The fourth-order valence-electron chi connectivity index (χ4n) is 2.38. The summed E-state index contributed by atoms with van der Waals surface area (Å²) in [6.07, 6.45) is 2.93. The van der Waals surface area contributed by atoms with Gasteiger partial charge in [0.2, 0.25) is 0 Å². The van der Waals surface area contributed by atoms with E-state index in [4.69, 9.17) is 5.73 Å². The van der Waals surface area contributed by atoms with Gasteiger partial charge in [0.1, 0.15) is 0 Å². The number of rotatable bonds is 2. The molecule has 5 heteroatoms. The number of imide groups is 1. The van der Waals surface area contributed by atoms with E-state index in [1.54, 1.807) is 18.2 Å². The number of nitrogens with zero attached hydrogens (tertiary/aromatic N) is 2. The third kappa shape index (κ3) is 1.71. The molecule has 1 aliphatic rings. The molecular weight excluding hydrogens is 254 g/mol. The number of amides is 2. The van der Waals surface area contributed by atoms with Gasteiger partial charge in [-0.1, -0.05) is 18.2 Å². The van der Waals surface area contributed by atoms with Crippen LogP contribution in [0, 0.1) is 0 Å². The Morgan fingerprint density at radius 3 is 2.50 bits per heavy atom. The molecule has 2 N–H and O–H groups in total. The second-order valence-corrected chi connectivity index (χ2v) is 4.71. The van der Waals surface area contributed by atoms with Crippen molar-refractivity contribution in [2.75, 3.05) is 4.90 Å². The third-order valence-electron chi connectivity index (χ3n) is 3.36. The van der Waals surface area contributed by atoms with Crippen LogP contribution in [0.2, 0.25) is 0 Å². The molecule has 0 saturated carbocycles. The zero-order valence-electron chi connectivity index (χ0n) is 10.9. The lowest BCUT2D eigenvalue weighted by Crippen LogP contribution is -2.31. The predicted molar refractivity (Wildman–Crippen MR) is 74.4 cm³/mol. The Balaban J connectivity index is 2.15. The number of fused-ring (bicyclic) bond motifs is 1. The number of hydrogen-bond donors (Lipinski definition) is 1.